The second kappa shape index (κ2) is 7.08. The lowest BCUT2D eigenvalue weighted by Crippen LogP contribution is -2.20. The van der Waals surface area contributed by atoms with Crippen LogP contribution in [0.25, 0.3) is 10.9 Å². The molecule has 1 atom stereocenters. The van der Waals surface area contributed by atoms with Crippen LogP contribution in [-0.4, -0.2) is 10.1 Å². The molecule has 4 heteroatoms. The van der Waals surface area contributed by atoms with Crippen LogP contribution in [0.2, 0.25) is 0 Å². The van der Waals surface area contributed by atoms with E-state index in [2.05, 4.69) is 27.4 Å². The van der Waals surface area contributed by atoms with Crippen molar-refractivity contribution in [1.29, 1.82) is 0 Å². The van der Waals surface area contributed by atoms with Crippen LogP contribution in [-0.2, 0) is 0 Å². The van der Waals surface area contributed by atoms with Crippen molar-refractivity contribution in [3.63, 3.8) is 0 Å². The molecule has 134 valence electrons. The van der Waals surface area contributed by atoms with E-state index in [-0.39, 0.29) is 11.8 Å². The van der Waals surface area contributed by atoms with E-state index in [1.165, 1.54) is 0 Å². The first kappa shape index (κ1) is 17.0. The number of phenols is 1. The highest BCUT2D eigenvalue weighted by Gasteiger charge is 2.24. The predicted molar refractivity (Wildman–Crippen MR) is 108 cm³/mol. The highest BCUT2D eigenvalue weighted by molar-refractivity contribution is 5.86. The van der Waals surface area contributed by atoms with Crippen molar-refractivity contribution >= 4 is 16.7 Å². The number of hydrogen-bond acceptors (Lipinski definition) is 3. The minimum atomic E-state index is -0.212. The highest BCUT2D eigenvalue weighted by Crippen LogP contribution is 2.36. The fourth-order valence-corrected chi connectivity index (χ4v) is 3.33. The van der Waals surface area contributed by atoms with Crippen molar-refractivity contribution in [2.45, 2.75) is 19.9 Å². The molecule has 2 aromatic heterocycles. The van der Waals surface area contributed by atoms with Crippen LogP contribution < -0.4 is 10.3 Å². The summed E-state index contributed by atoms with van der Waals surface area (Å²) in [5.74, 6) is 1.10. The van der Waals surface area contributed by atoms with Gasteiger partial charge in [-0.15, -0.1) is 0 Å². The number of phenolic OH excluding ortho intramolecular Hbond substituents is 1. The van der Waals surface area contributed by atoms with E-state index in [1.54, 1.807) is 0 Å². The molecule has 4 nitrogen and oxygen atoms in total. The normalized spacial score (nSPS) is 12.1. The molecule has 3 N–H and O–H groups in total. The number of nitrogens with zero attached hydrogens (tertiary/aromatic N) is 1. The van der Waals surface area contributed by atoms with Gasteiger partial charge in [-0.05, 0) is 32.0 Å². The van der Waals surface area contributed by atoms with Crippen molar-refractivity contribution in [3.8, 4) is 5.75 Å². The van der Waals surface area contributed by atoms with E-state index in [4.69, 9.17) is 0 Å². The summed E-state index contributed by atoms with van der Waals surface area (Å²) in [4.78, 5) is 7.88. The van der Waals surface area contributed by atoms with Crippen molar-refractivity contribution in [1.82, 2.24) is 4.98 Å². The Bertz CT molecular complexity index is 1090. The third-order valence-electron chi connectivity index (χ3n) is 4.69. The zero-order valence-corrected chi connectivity index (χ0v) is 15.4. The first-order chi connectivity index (χ1) is 13.1. The van der Waals surface area contributed by atoms with Gasteiger partial charge in [0.25, 0.3) is 5.82 Å². The minimum Gasteiger partial charge on any atom is -0.505 e. The van der Waals surface area contributed by atoms with Crippen LogP contribution in [0.5, 0.6) is 5.75 Å². The van der Waals surface area contributed by atoms with Gasteiger partial charge in [0.2, 0.25) is 0 Å². The number of hydrogen-bond donors (Lipinski definition) is 2. The van der Waals surface area contributed by atoms with E-state index in [9.17, 15) is 5.11 Å². The lowest BCUT2D eigenvalue weighted by Gasteiger charge is -2.18. The first-order valence-corrected chi connectivity index (χ1v) is 9.01. The van der Waals surface area contributed by atoms with E-state index >= 15 is 0 Å². The number of benzene rings is 2. The number of H-pyrrole nitrogens is 1. The van der Waals surface area contributed by atoms with Crippen LogP contribution in [0.4, 0.5) is 5.82 Å². The monoisotopic (exact) mass is 356 g/mol. The van der Waals surface area contributed by atoms with Gasteiger partial charge in [-0.3, -0.25) is 5.32 Å². The van der Waals surface area contributed by atoms with Gasteiger partial charge in [0, 0.05) is 28.3 Å². The molecule has 0 saturated carbocycles. The van der Waals surface area contributed by atoms with Crippen molar-refractivity contribution in [2.24, 2.45) is 0 Å². The van der Waals surface area contributed by atoms with E-state index in [0.717, 1.165) is 33.7 Å². The van der Waals surface area contributed by atoms with Gasteiger partial charge in [-0.1, -0.05) is 48.5 Å². The summed E-state index contributed by atoms with van der Waals surface area (Å²) in [5, 5.41) is 15.5. The second-order valence-corrected chi connectivity index (χ2v) is 6.76. The smallest absolute Gasteiger partial charge is 0.273 e. The average molecular weight is 356 g/mol. The molecule has 0 aliphatic heterocycles. The predicted octanol–water partition coefficient (Wildman–Crippen LogP) is 4.57. The number of aromatic nitrogens is 2. The number of anilines is 1. The molecule has 0 saturated heterocycles. The largest absolute Gasteiger partial charge is 0.505 e. The van der Waals surface area contributed by atoms with Crippen LogP contribution >= 0.6 is 0 Å². The topological polar surface area (TPSA) is 59.3 Å². The van der Waals surface area contributed by atoms with Gasteiger partial charge in [-0.25, -0.2) is 9.97 Å². The average Bonchev–Trinajstić information content (AvgIpc) is 2.68. The minimum absolute atomic E-state index is 0.212. The summed E-state index contributed by atoms with van der Waals surface area (Å²) < 4.78 is 0. The molecule has 0 aliphatic rings. The Morgan fingerprint density at radius 3 is 2.44 bits per heavy atom. The lowest BCUT2D eigenvalue weighted by atomic mass is 9.96. The molecule has 4 aromatic rings. The number of aryl methyl sites for hydroxylation is 2. The van der Waals surface area contributed by atoms with E-state index in [1.807, 2.05) is 74.5 Å². The summed E-state index contributed by atoms with van der Waals surface area (Å²) in [7, 11) is 0. The van der Waals surface area contributed by atoms with Gasteiger partial charge in [0.05, 0.1) is 5.69 Å². The molecule has 2 aromatic carbocycles. The molecule has 0 fully saturated rings. The lowest BCUT2D eigenvalue weighted by molar-refractivity contribution is -0.371. The second-order valence-electron chi connectivity index (χ2n) is 6.76. The number of aromatic amines is 1. The Labute approximate surface area is 158 Å². The highest BCUT2D eigenvalue weighted by atomic mass is 16.3. The SMILES string of the molecule is Cc1ccc2ccc([C@@H](Nc3cccc(C)[nH+]3)c3ccccc3)c(O)c2n1. The van der Waals surface area contributed by atoms with Crippen LogP contribution in [0, 0.1) is 13.8 Å². The fourth-order valence-electron chi connectivity index (χ4n) is 3.33. The summed E-state index contributed by atoms with van der Waals surface area (Å²) in [6.07, 6.45) is 0. The maximum Gasteiger partial charge on any atom is 0.273 e. The van der Waals surface area contributed by atoms with Crippen molar-refractivity contribution in [3.05, 3.63) is 95.3 Å². The number of pyridine rings is 2. The maximum absolute atomic E-state index is 11.0. The van der Waals surface area contributed by atoms with Crippen LogP contribution in [0.3, 0.4) is 0 Å². The first-order valence-electron chi connectivity index (χ1n) is 9.01. The zero-order chi connectivity index (χ0) is 18.8. The molecular weight excluding hydrogens is 334 g/mol. The van der Waals surface area contributed by atoms with Gasteiger partial charge < -0.3 is 5.11 Å². The number of fused-ring (bicyclic) bond motifs is 1. The Hall–Kier alpha value is -3.40. The Morgan fingerprint density at radius 1 is 0.889 bits per heavy atom. The Morgan fingerprint density at radius 2 is 1.67 bits per heavy atom. The molecule has 27 heavy (non-hydrogen) atoms. The third kappa shape index (κ3) is 3.47. The van der Waals surface area contributed by atoms with Crippen LogP contribution in [0.1, 0.15) is 28.6 Å². The number of aromatic hydroxyl groups is 1. The van der Waals surface area contributed by atoms with Gasteiger partial charge in [0.15, 0.2) is 0 Å². The summed E-state index contributed by atoms with van der Waals surface area (Å²) >= 11 is 0. The Balaban J connectivity index is 1.86. The molecule has 4 rings (SSSR count). The summed E-state index contributed by atoms with van der Waals surface area (Å²) in [5.41, 5.74) is 4.43. The number of rotatable bonds is 4. The third-order valence-corrected chi connectivity index (χ3v) is 4.69. The quantitative estimate of drug-likeness (QED) is 0.563. The standard InChI is InChI=1S/C23H21N3O/c1-15-7-6-10-20(24-15)26-21(17-8-4-3-5-9-17)19-14-13-18-12-11-16(2)25-22(18)23(19)27/h3-14,21,27H,1-2H3,(H,24,26)/p+1/t21-/m0/s1. The zero-order valence-electron chi connectivity index (χ0n) is 15.4. The van der Waals surface area contributed by atoms with E-state index in [0.29, 0.717) is 5.52 Å². The summed E-state index contributed by atoms with van der Waals surface area (Å²) in [6, 6.07) is 23.8. The molecule has 2 heterocycles. The molecule has 0 spiro atoms. The summed E-state index contributed by atoms with van der Waals surface area (Å²) in [6.45, 7) is 3.95. The maximum atomic E-state index is 11.0. The van der Waals surface area contributed by atoms with Gasteiger partial charge in [0.1, 0.15) is 17.3 Å². The molecule has 0 amide bonds. The van der Waals surface area contributed by atoms with Gasteiger partial charge in [-0.2, -0.15) is 0 Å². The molecular formula is C23H22N3O+. The van der Waals surface area contributed by atoms with E-state index < -0.39 is 0 Å². The fraction of sp³-hybridized carbons (Fsp3) is 0.130. The van der Waals surface area contributed by atoms with Crippen LogP contribution in [0.15, 0.2) is 72.8 Å². The molecule has 0 unspecified atom stereocenters. The van der Waals surface area contributed by atoms with Crippen molar-refractivity contribution < 1.29 is 10.1 Å². The number of nitrogens with one attached hydrogen (secondary N) is 2. The van der Waals surface area contributed by atoms with Crippen molar-refractivity contribution in [2.75, 3.05) is 5.32 Å². The molecule has 0 aliphatic carbocycles. The molecule has 0 radical (unpaired) electrons. The van der Waals surface area contributed by atoms with Gasteiger partial charge >= 0.3 is 0 Å². The molecule has 0 bridgehead atoms. The Kier molecular flexibility index (Phi) is 4.47.